The zero-order valence-electron chi connectivity index (χ0n) is 11.6. The number of Topliss-reactive ketones (excluding diaryl/α,β-unsaturated/α-hetero) is 1. The molecule has 0 saturated carbocycles. The Bertz CT molecular complexity index is 715. The van der Waals surface area contributed by atoms with Crippen molar-refractivity contribution in [2.45, 2.75) is 6.92 Å². The summed E-state index contributed by atoms with van der Waals surface area (Å²) in [6.45, 7) is 1.74. The van der Waals surface area contributed by atoms with Gasteiger partial charge >= 0.3 is 0 Å². The number of hydrogen-bond donors (Lipinski definition) is 1. The molecule has 0 bridgehead atoms. The van der Waals surface area contributed by atoms with Crippen LogP contribution in [0.4, 0.5) is 0 Å². The van der Waals surface area contributed by atoms with Crippen molar-refractivity contribution in [3.05, 3.63) is 42.0 Å². The van der Waals surface area contributed by atoms with Crippen LogP contribution in [-0.2, 0) is 4.79 Å². The Morgan fingerprint density at radius 3 is 2.71 bits per heavy atom. The molecule has 0 fully saturated rings. The highest BCUT2D eigenvalue weighted by Gasteiger charge is 2.27. The lowest BCUT2D eigenvalue weighted by Gasteiger charge is -2.10. The molecule has 0 spiro atoms. The highest BCUT2D eigenvalue weighted by Crippen LogP contribution is 2.17. The maximum absolute atomic E-state index is 12.3. The lowest BCUT2D eigenvalue weighted by atomic mass is 9.94. The van der Waals surface area contributed by atoms with Crippen molar-refractivity contribution in [1.29, 1.82) is 5.26 Å². The van der Waals surface area contributed by atoms with Gasteiger partial charge in [0, 0.05) is 12.6 Å². The molecule has 0 aliphatic carbocycles. The molecule has 0 unspecified atom stereocenters. The number of carbonyl (C=O) groups is 2. The van der Waals surface area contributed by atoms with Gasteiger partial charge in [-0.3, -0.25) is 9.59 Å². The molecule has 106 valence electrons. The predicted octanol–water partition coefficient (Wildman–Crippen LogP) is 0.644. The number of nitrogens with one attached hydrogen (secondary N) is 1. The van der Waals surface area contributed by atoms with Crippen molar-refractivity contribution in [2.24, 2.45) is 5.92 Å². The number of nitriles is 1. The van der Waals surface area contributed by atoms with Crippen LogP contribution >= 0.6 is 0 Å². The van der Waals surface area contributed by atoms with E-state index >= 15 is 0 Å². The second-order valence-corrected chi connectivity index (χ2v) is 4.38. The summed E-state index contributed by atoms with van der Waals surface area (Å²) in [5.74, 6) is -2.47. The van der Waals surface area contributed by atoms with Crippen molar-refractivity contribution >= 4 is 11.7 Å². The summed E-state index contributed by atoms with van der Waals surface area (Å²) >= 11 is 0. The molecule has 2 rings (SSSR count). The van der Waals surface area contributed by atoms with Crippen molar-refractivity contribution < 1.29 is 9.59 Å². The van der Waals surface area contributed by atoms with Gasteiger partial charge in [0.15, 0.2) is 11.7 Å². The van der Waals surface area contributed by atoms with Gasteiger partial charge in [-0.2, -0.15) is 10.4 Å². The van der Waals surface area contributed by atoms with E-state index in [9.17, 15) is 9.59 Å². The third kappa shape index (κ3) is 2.79. The molecule has 1 aromatic heterocycles. The minimum Gasteiger partial charge on any atom is -0.358 e. The maximum Gasteiger partial charge on any atom is 0.245 e. The first-order chi connectivity index (χ1) is 10.1. The van der Waals surface area contributed by atoms with Crippen LogP contribution in [-0.4, -0.2) is 33.5 Å². The topological polar surface area (TPSA) is 101 Å². The van der Waals surface area contributed by atoms with E-state index in [1.807, 2.05) is 0 Å². The summed E-state index contributed by atoms with van der Waals surface area (Å²) in [6.07, 6.45) is 2.95. The first-order valence-corrected chi connectivity index (χ1v) is 6.19. The first kappa shape index (κ1) is 14.4. The van der Waals surface area contributed by atoms with Crippen LogP contribution in [0.1, 0.15) is 15.9 Å². The van der Waals surface area contributed by atoms with Crippen LogP contribution in [0.25, 0.3) is 5.69 Å². The molecule has 7 nitrogen and oxygen atoms in total. The van der Waals surface area contributed by atoms with Gasteiger partial charge in [-0.1, -0.05) is 0 Å². The molecule has 1 atom stereocenters. The highest BCUT2D eigenvalue weighted by atomic mass is 16.2. The van der Waals surface area contributed by atoms with Crippen molar-refractivity contribution in [1.82, 2.24) is 20.1 Å². The fourth-order valence-corrected chi connectivity index (χ4v) is 1.94. The van der Waals surface area contributed by atoms with Crippen LogP contribution in [0.2, 0.25) is 0 Å². The van der Waals surface area contributed by atoms with Crippen LogP contribution in [0.5, 0.6) is 0 Å². The first-order valence-electron chi connectivity index (χ1n) is 6.19. The molecule has 1 heterocycles. The standard InChI is InChI=1S/C14H13N5O2/c1-9-5-10(19-8-17-7-18-19)3-4-11(9)13(20)12(6-15)14(21)16-2/h3-5,7-8,12H,1-2H3,(H,16,21)/t12-/m1/s1. The molecular weight excluding hydrogens is 270 g/mol. The monoisotopic (exact) mass is 283 g/mol. The van der Waals surface area contributed by atoms with E-state index in [4.69, 9.17) is 5.26 Å². The third-order valence-corrected chi connectivity index (χ3v) is 3.06. The molecule has 1 N–H and O–H groups in total. The normalized spacial score (nSPS) is 11.5. The third-order valence-electron chi connectivity index (χ3n) is 3.06. The molecule has 0 saturated heterocycles. The van der Waals surface area contributed by atoms with E-state index in [-0.39, 0.29) is 0 Å². The van der Waals surface area contributed by atoms with E-state index in [1.165, 1.54) is 13.4 Å². The van der Waals surface area contributed by atoms with E-state index in [0.717, 1.165) is 5.69 Å². The van der Waals surface area contributed by atoms with Gasteiger partial charge in [0.25, 0.3) is 0 Å². The average molecular weight is 283 g/mol. The number of ketones is 1. The van der Waals surface area contributed by atoms with Crippen LogP contribution in [0.15, 0.2) is 30.9 Å². The van der Waals surface area contributed by atoms with E-state index in [2.05, 4.69) is 15.4 Å². The lowest BCUT2D eigenvalue weighted by Crippen LogP contribution is -2.32. The molecule has 0 radical (unpaired) electrons. The SMILES string of the molecule is CNC(=O)[C@H](C#N)C(=O)c1ccc(-n2cncn2)cc1C. The molecule has 2 aromatic rings. The van der Waals surface area contributed by atoms with Gasteiger partial charge in [-0.15, -0.1) is 0 Å². The average Bonchev–Trinajstić information content (AvgIpc) is 3.01. The van der Waals surface area contributed by atoms with Crippen LogP contribution in [0.3, 0.4) is 0 Å². The van der Waals surface area contributed by atoms with Gasteiger partial charge in [-0.05, 0) is 30.7 Å². The summed E-state index contributed by atoms with van der Waals surface area (Å²) in [7, 11) is 1.39. The van der Waals surface area contributed by atoms with Crippen molar-refractivity contribution in [3.8, 4) is 11.8 Å². The molecule has 0 aliphatic heterocycles. The summed E-state index contributed by atoms with van der Waals surface area (Å²) in [5.41, 5.74) is 1.75. The summed E-state index contributed by atoms with van der Waals surface area (Å²) in [4.78, 5) is 27.7. The van der Waals surface area contributed by atoms with Crippen LogP contribution in [0, 0.1) is 24.2 Å². The Kier molecular flexibility index (Phi) is 4.09. The van der Waals surface area contributed by atoms with Gasteiger partial charge in [0.05, 0.1) is 11.8 Å². The number of amides is 1. The van der Waals surface area contributed by atoms with Gasteiger partial charge in [-0.25, -0.2) is 9.67 Å². The Hall–Kier alpha value is -3.01. The number of hydrogen-bond acceptors (Lipinski definition) is 5. The number of aryl methyl sites for hydroxylation is 1. The molecule has 1 aromatic carbocycles. The Labute approximate surface area is 121 Å². The van der Waals surface area contributed by atoms with E-state index < -0.39 is 17.6 Å². The van der Waals surface area contributed by atoms with Gasteiger partial charge < -0.3 is 5.32 Å². The fourth-order valence-electron chi connectivity index (χ4n) is 1.94. The largest absolute Gasteiger partial charge is 0.358 e. The summed E-state index contributed by atoms with van der Waals surface area (Å²) in [5, 5.41) is 15.3. The minimum atomic E-state index is -1.34. The van der Waals surface area contributed by atoms with Gasteiger partial charge in [0.2, 0.25) is 5.91 Å². The molecule has 0 aliphatic rings. The molecule has 7 heteroatoms. The number of nitrogens with zero attached hydrogens (tertiary/aromatic N) is 4. The molecule has 1 amide bonds. The smallest absolute Gasteiger partial charge is 0.245 e. The number of carbonyl (C=O) groups excluding carboxylic acids is 2. The zero-order chi connectivity index (χ0) is 15.4. The zero-order valence-corrected chi connectivity index (χ0v) is 11.6. The Morgan fingerprint density at radius 1 is 1.43 bits per heavy atom. The van der Waals surface area contributed by atoms with Crippen molar-refractivity contribution in [2.75, 3.05) is 7.05 Å². The van der Waals surface area contributed by atoms with Gasteiger partial charge in [0.1, 0.15) is 12.7 Å². The molecular formula is C14H13N5O2. The fraction of sp³-hybridized carbons (Fsp3) is 0.214. The second-order valence-electron chi connectivity index (χ2n) is 4.38. The van der Waals surface area contributed by atoms with E-state index in [0.29, 0.717) is 11.1 Å². The second kappa shape index (κ2) is 5.96. The van der Waals surface area contributed by atoms with Crippen molar-refractivity contribution in [3.63, 3.8) is 0 Å². The van der Waals surface area contributed by atoms with Crippen LogP contribution < -0.4 is 5.32 Å². The number of rotatable bonds is 4. The lowest BCUT2D eigenvalue weighted by molar-refractivity contribution is -0.121. The highest BCUT2D eigenvalue weighted by molar-refractivity contribution is 6.12. The van der Waals surface area contributed by atoms with E-state index in [1.54, 1.807) is 42.2 Å². The number of benzene rings is 1. The summed E-state index contributed by atoms with van der Waals surface area (Å²) < 4.78 is 1.56. The predicted molar refractivity (Wildman–Crippen MR) is 73.6 cm³/mol. The summed E-state index contributed by atoms with van der Waals surface area (Å²) in [6, 6.07) is 6.75. The Balaban J connectivity index is 2.35. The Morgan fingerprint density at radius 2 is 2.19 bits per heavy atom. The minimum absolute atomic E-state index is 0.342. The quantitative estimate of drug-likeness (QED) is 0.655. The maximum atomic E-state index is 12.3. The number of aromatic nitrogens is 3. The molecule has 21 heavy (non-hydrogen) atoms.